The molecule has 1 amide bonds. The molecule has 1 aromatic rings. The number of nitrogens with one attached hydrogen (secondary N) is 1. The quantitative estimate of drug-likeness (QED) is 0.868. The van der Waals surface area contributed by atoms with E-state index in [2.05, 4.69) is 10.3 Å². The Labute approximate surface area is 112 Å². The van der Waals surface area contributed by atoms with Gasteiger partial charge in [0.05, 0.1) is 31.0 Å². The fraction of sp³-hybridized carbons (Fsp3) is 0.571. The van der Waals surface area contributed by atoms with Crippen LogP contribution in [0.1, 0.15) is 29.6 Å². The third-order valence-electron chi connectivity index (χ3n) is 3.74. The van der Waals surface area contributed by atoms with E-state index in [-0.39, 0.29) is 24.2 Å². The molecule has 1 aliphatic carbocycles. The summed E-state index contributed by atoms with van der Waals surface area (Å²) in [5.74, 6) is -0.0618. The molecule has 0 unspecified atom stereocenters. The van der Waals surface area contributed by atoms with Crippen molar-refractivity contribution >= 4 is 5.91 Å². The van der Waals surface area contributed by atoms with Gasteiger partial charge >= 0.3 is 0 Å². The molecule has 3 atom stereocenters. The van der Waals surface area contributed by atoms with Gasteiger partial charge in [-0.1, -0.05) is 0 Å². The van der Waals surface area contributed by atoms with Gasteiger partial charge < -0.3 is 14.8 Å². The highest BCUT2D eigenvalue weighted by atomic mass is 16.6. The third kappa shape index (κ3) is 2.93. The summed E-state index contributed by atoms with van der Waals surface area (Å²) in [6, 6.07) is 3.70. The van der Waals surface area contributed by atoms with Gasteiger partial charge in [-0.3, -0.25) is 9.78 Å². The molecule has 0 radical (unpaired) electrons. The molecule has 2 aliphatic rings. The van der Waals surface area contributed by atoms with Crippen LogP contribution in [0.2, 0.25) is 0 Å². The predicted octanol–water partition coefficient (Wildman–Crippen LogP) is 1.15. The summed E-state index contributed by atoms with van der Waals surface area (Å²) in [6.45, 7) is 1.35. The summed E-state index contributed by atoms with van der Waals surface area (Å²) in [4.78, 5) is 16.0. The fourth-order valence-corrected chi connectivity index (χ4v) is 2.76. The molecule has 0 bridgehead atoms. The predicted molar refractivity (Wildman–Crippen MR) is 68.8 cm³/mol. The second kappa shape index (κ2) is 5.67. The summed E-state index contributed by atoms with van der Waals surface area (Å²) in [6.07, 6.45) is 6.30. The Morgan fingerprint density at radius 1 is 1.26 bits per heavy atom. The van der Waals surface area contributed by atoms with Crippen molar-refractivity contribution in [2.75, 3.05) is 13.2 Å². The van der Waals surface area contributed by atoms with E-state index in [0.717, 1.165) is 19.3 Å². The van der Waals surface area contributed by atoms with Crippen LogP contribution in [0.4, 0.5) is 0 Å². The molecule has 0 aromatic carbocycles. The zero-order valence-electron chi connectivity index (χ0n) is 10.7. The maximum absolute atomic E-state index is 12.0. The number of nitrogens with zero attached hydrogens (tertiary/aromatic N) is 1. The van der Waals surface area contributed by atoms with Crippen molar-refractivity contribution < 1.29 is 14.3 Å². The molecule has 3 rings (SSSR count). The summed E-state index contributed by atoms with van der Waals surface area (Å²) in [7, 11) is 0. The van der Waals surface area contributed by atoms with Gasteiger partial charge in [0, 0.05) is 18.4 Å². The lowest BCUT2D eigenvalue weighted by Gasteiger charge is -2.39. The highest BCUT2D eigenvalue weighted by Crippen LogP contribution is 2.26. The number of carbonyl (C=O) groups excluding carboxylic acids is 1. The van der Waals surface area contributed by atoms with Gasteiger partial charge in [0.2, 0.25) is 0 Å². The number of hydrogen-bond donors (Lipinski definition) is 1. The number of aromatic nitrogens is 1. The summed E-state index contributed by atoms with van der Waals surface area (Å²) in [5, 5.41) is 3.05. The van der Waals surface area contributed by atoms with E-state index in [1.54, 1.807) is 24.5 Å². The summed E-state index contributed by atoms with van der Waals surface area (Å²) in [5.41, 5.74) is 0.602. The van der Waals surface area contributed by atoms with E-state index in [0.29, 0.717) is 18.8 Å². The SMILES string of the molecule is O=C(N[C@@H]1CC[C@@H]2OCCO[C@H]2C1)c1cccnc1. The van der Waals surface area contributed by atoms with E-state index >= 15 is 0 Å². The van der Waals surface area contributed by atoms with Crippen LogP contribution in [0.25, 0.3) is 0 Å². The van der Waals surface area contributed by atoms with Crippen molar-refractivity contribution in [3.63, 3.8) is 0 Å². The number of ether oxygens (including phenoxy) is 2. The van der Waals surface area contributed by atoms with Crippen LogP contribution in [0.5, 0.6) is 0 Å². The Morgan fingerprint density at radius 2 is 2.11 bits per heavy atom. The van der Waals surface area contributed by atoms with Crippen LogP contribution in [0.15, 0.2) is 24.5 Å². The van der Waals surface area contributed by atoms with E-state index in [4.69, 9.17) is 9.47 Å². The first kappa shape index (κ1) is 12.6. The lowest BCUT2D eigenvalue weighted by molar-refractivity contribution is -0.157. The Morgan fingerprint density at radius 3 is 2.89 bits per heavy atom. The van der Waals surface area contributed by atoms with E-state index < -0.39 is 0 Å². The van der Waals surface area contributed by atoms with Crippen LogP contribution in [-0.4, -0.2) is 42.4 Å². The van der Waals surface area contributed by atoms with Crippen molar-refractivity contribution in [1.82, 2.24) is 10.3 Å². The average molecular weight is 262 g/mol. The highest BCUT2D eigenvalue weighted by Gasteiger charge is 2.34. The molecule has 5 heteroatoms. The number of fused-ring (bicyclic) bond motifs is 1. The molecular formula is C14H18N2O3. The van der Waals surface area contributed by atoms with Gasteiger partial charge in [-0.05, 0) is 31.4 Å². The second-order valence-corrected chi connectivity index (χ2v) is 5.04. The molecule has 1 N–H and O–H groups in total. The lowest BCUT2D eigenvalue weighted by atomic mass is 9.89. The number of pyridine rings is 1. The van der Waals surface area contributed by atoms with Crippen molar-refractivity contribution in [1.29, 1.82) is 0 Å². The molecule has 5 nitrogen and oxygen atoms in total. The van der Waals surface area contributed by atoms with Crippen molar-refractivity contribution in [2.45, 2.75) is 37.5 Å². The van der Waals surface area contributed by atoms with Crippen molar-refractivity contribution in [2.24, 2.45) is 0 Å². The molecule has 0 spiro atoms. The Bertz CT molecular complexity index is 438. The lowest BCUT2D eigenvalue weighted by Crippen LogP contribution is -2.49. The van der Waals surface area contributed by atoms with E-state index in [1.165, 1.54) is 0 Å². The molecule has 1 saturated carbocycles. The second-order valence-electron chi connectivity index (χ2n) is 5.04. The van der Waals surface area contributed by atoms with Gasteiger partial charge in [0.15, 0.2) is 0 Å². The number of amides is 1. The maximum Gasteiger partial charge on any atom is 0.253 e. The first-order valence-corrected chi connectivity index (χ1v) is 6.77. The van der Waals surface area contributed by atoms with Crippen LogP contribution < -0.4 is 5.32 Å². The average Bonchev–Trinajstić information content (AvgIpc) is 2.48. The first-order valence-electron chi connectivity index (χ1n) is 6.77. The first-order chi connectivity index (χ1) is 9.33. The van der Waals surface area contributed by atoms with Crippen molar-refractivity contribution in [3.05, 3.63) is 30.1 Å². The fourth-order valence-electron chi connectivity index (χ4n) is 2.76. The molecular weight excluding hydrogens is 244 g/mol. The van der Waals surface area contributed by atoms with E-state index in [9.17, 15) is 4.79 Å². The maximum atomic E-state index is 12.0. The molecule has 1 aliphatic heterocycles. The largest absolute Gasteiger partial charge is 0.373 e. The molecule has 1 saturated heterocycles. The number of carbonyl (C=O) groups is 1. The highest BCUT2D eigenvalue weighted by molar-refractivity contribution is 5.94. The molecule has 2 fully saturated rings. The minimum atomic E-state index is -0.0618. The molecule has 102 valence electrons. The topological polar surface area (TPSA) is 60.5 Å². The molecule has 19 heavy (non-hydrogen) atoms. The van der Waals surface area contributed by atoms with Crippen LogP contribution in [0, 0.1) is 0 Å². The van der Waals surface area contributed by atoms with Crippen molar-refractivity contribution in [3.8, 4) is 0 Å². The minimum Gasteiger partial charge on any atom is -0.373 e. The zero-order valence-corrected chi connectivity index (χ0v) is 10.7. The third-order valence-corrected chi connectivity index (χ3v) is 3.74. The summed E-state index contributed by atoms with van der Waals surface area (Å²) >= 11 is 0. The Kier molecular flexibility index (Phi) is 3.75. The smallest absolute Gasteiger partial charge is 0.253 e. The van der Waals surface area contributed by atoms with Crippen LogP contribution >= 0.6 is 0 Å². The van der Waals surface area contributed by atoms with Crippen LogP contribution in [-0.2, 0) is 9.47 Å². The Balaban J connectivity index is 1.57. The minimum absolute atomic E-state index is 0.0618. The number of hydrogen-bond acceptors (Lipinski definition) is 4. The Hall–Kier alpha value is -1.46. The van der Waals surface area contributed by atoms with Gasteiger partial charge in [0.25, 0.3) is 5.91 Å². The standard InChI is InChI=1S/C14H18N2O3/c17-14(10-2-1-5-15-9-10)16-11-3-4-12-13(8-11)19-7-6-18-12/h1-2,5,9,11-13H,3-4,6-8H2,(H,16,17)/t11-,12+,13+/m1/s1. The summed E-state index contributed by atoms with van der Waals surface area (Å²) < 4.78 is 11.4. The van der Waals surface area contributed by atoms with Gasteiger partial charge in [-0.2, -0.15) is 0 Å². The molecule has 2 heterocycles. The van der Waals surface area contributed by atoms with Gasteiger partial charge in [-0.15, -0.1) is 0 Å². The molecule has 1 aromatic heterocycles. The zero-order chi connectivity index (χ0) is 13.1. The monoisotopic (exact) mass is 262 g/mol. The van der Waals surface area contributed by atoms with Gasteiger partial charge in [-0.25, -0.2) is 0 Å². The van der Waals surface area contributed by atoms with Gasteiger partial charge in [0.1, 0.15) is 0 Å². The normalized spacial score (nSPS) is 30.4. The number of rotatable bonds is 2. The van der Waals surface area contributed by atoms with E-state index in [1.807, 2.05) is 0 Å². The van der Waals surface area contributed by atoms with Crippen LogP contribution in [0.3, 0.4) is 0 Å².